The molecule has 0 saturated heterocycles. The van der Waals surface area contributed by atoms with Gasteiger partial charge in [0.05, 0.1) is 44.1 Å². The topological polar surface area (TPSA) is 50.4 Å². The molecule has 0 saturated carbocycles. The summed E-state index contributed by atoms with van der Waals surface area (Å²) in [5.41, 5.74) is 4.76. The van der Waals surface area contributed by atoms with Crippen molar-refractivity contribution in [1.29, 1.82) is 0 Å². The Morgan fingerprint density at radius 1 is 0.867 bits per heavy atom. The van der Waals surface area contributed by atoms with Crippen molar-refractivity contribution in [3.8, 4) is 39.8 Å². The molecule has 0 radical (unpaired) electrons. The van der Waals surface area contributed by atoms with Crippen LogP contribution in [0.4, 0.5) is 0 Å². The Morgan fingerprint density at radius 2 is 1.53 bits per heavy atom. The molecule has 0 unspecified atom stereocenters. The zero-order valence-electron chi connectivity index (χ0n) is 17.4. The predicted octanol–water partition coefficient (Wildman–Crippen LogP) is 5.35. The van der Waals surface area contributed by atoms with E-state index in [1.165, 1.54) is 0 Å². The fourth-order valence-electron chi connectivity index (χ4n) is 3.69. The van der Waals surface area contributed by atoms with Crippen LogP contribution in [-0.2, 0) is 14.1 Å². The van der Waals surface area contributed by atoms with Crippen LogP contribution in [0.25, 0.3) is 33.4 Å². The van der Waals surface area contributed by atoms with Crippen LogP contribution in [0.2, 0.25) is 5.02 Å². The van der Waals surface area contributed by atoms with Crippen LogP contribution in [0.3, 0.4) is 0 Å². The van der Waals surface area contributed by atoms with Crippen LogP contribution < -0.4 is 14.2 Å². The molecule has 6 nitrogen and oxygen atoms in total. The van der Waals surface area contributed by atoms with Gasteiger partial charge in [-0.1, -0.05) is 17.7 Å². The Labute approximate surface area is 186 Å². The van der Waals surface area contributed by atoms with E-state index >= 15 is 0 Å². The monoisotopic (exact) mass is 447 g/mol. The number of aryl methyl sites for hydroxylation is 2. The summed E-state index contributed by atoms with van der Waals surface area (Å²) >= 11 is 6.43. The van der Waals surface area contributed by atoms with Gasteiger partial charge in [-0.05, 0) is 24.3 Å². The summed E-state index contributed by atoms with van der Waals surface area (Å²) in [5, 5.41) is 1.73. The van der Waals surface area contributed by atoms with Crippen molar-refractivity contribution >= 4 is 34.9 Å². The lowest BCUT2D eigenvalue weighted by atomic mass is 10.0. The van der Waals surface area contributed by atoms with Crippen LogP contribution >= 0.6 is 24.0 Å². The number of hydrogen-bond donors (Lipinski definition) is 0. The van der Waals surface area contributed by atoms with E-state index in [-0.39, 0.29) is 12.4 Å². The third-order valence-electron chi connectivity index (χ3n) is 5.09. The van der Waals surface area contributed by atoms with Gasteiger partial charge in [0.25, 0.3) is 0 Å². The Hall–Kier alpha value is -2.83. The predicted molar refractivity (Wildman–Crippen MR) is 122 cm³/mol. The number of imidazole rings is 1. The van der Waals surface area contributed by atoms with E-state index < -0.39 is 0 Å². The van der Waals surface area contributed by atoms with Gasteiger partial charge in [-0.25, -0.2) is 4.98 Å². The number of nitrogens with zero attached hydrogens (tertiary/aromatic N) is 3. The van der Waals surface area contributed by atoms with Crippen LogP contribution in [-0.4, -0.2) is 35.4 Å². The molecule has 8 heteroatoms. The third-order valence-corrected chi connectivity index (χ3v) is 5.39. The van der Waals surface area contributed by atoms with E-state index in [4.69, 9.17) is 25.8 Å². The SMILES string of the molecule is COc1cc(-c2ncn(C)c2-c2ccc3c(c2)c(Cl)cn3C)cc(OC)c1OC.Cl. The molecule has 158 valence electrons. The van der Waals surface area contributed by atoms with E-state index in [9.17, 15) is 0 Å². The Bertz CT molecular complexity index is 1190. The van der Waals surface area contributed by atoms with Crippen molar-refractivity contribution < 1.29 is 14.2 Å². The minimum atomic E-state index is 0. The van der Waals surface area contributed by atoms with Crippen molar-refractivity contribution in [2.45, 2.75) is 0 Å². The second-order valence-corrected chi connectivity index (χ2v) is 7.19. The maximum atomic E-state index is 6.43. The second-order valence-electron chi connectivity index (χ2n) is 6.79. The average molecular weight is 448 g/mol. The van der Waals surface area contributed by atoms with Gasteiger partial charge in [-0.15, -0.1) is 12.4 Å². The molecule has 0 aliphatic rings. The number of aromatic nitrogens is 3. The summed E-state index contributed by atoms with van der Waals surface area (Å²) in [6.07, 6.45) is 3.71. The quantitative estimate of drug-likeness (QED) is 0.413. The fraction of sp³-hybridized carbons (Fsp3) is 0.227. The fourth-order valence-corrected chi connectivity index (χ4v) is 3.99. The molecule has 0 spiro atoms. The molecule has 0 bridgehead atoms. The standard InChI is InChI=1S/C22H22ClN3O3.ClH/c1-25-11-16(23)15-8-13(6-7-17(15)25)21-20(24-12-26(21)2)14-9-18(27-3)22(29-5)19(10-14)28-4;/h6-12H,1-5H3;1H. The molecule has 2 heterocycles. The van der Waals surface area contributed by atoms with Crippen molar-refractivity contribution in [2.24, 2.45) is 14.1 Å². The first-order chi connectivity index (χ1) is 14.0. The van der Waals surface area contributed by atoms with Gasteiger partial charge in [-0.3, -0.25) is 0 Å². The lowest BCUT2D eigenvalue weighted by Gasteiger charge is -2.14. The van der Waals surface area contributed by atoms with Crippen LogP contribution in [0.1, 0.15) is 0 Å². The Balaban J connectivity index is 0.00000256. The second kappa shape index (κ2) is 8.50. The molecule has 0 N–H and O–H groups in total. The van der Waals surface area contributed by atoms with Crippen molar-refractivity contribution in [3.63, 3.8) is 0 Å². The van der Waals surface area contributed by atoms with Crippen molar-refractivity contribution in [2.75, 3.05) is 21.3 Å². The summed E-state index contributed by atoms with van der Waals surface area (Å²) in [5.74, 6) is 1.72. The summed E-state index contributed by atoms with van der Waals surface area (Å²) in [6.45, 7) is 0. The number of halogens is 2. The molecule has 0 atom stereocenters. The molecule has 2 aromatic carbocycles. The number of fused-ring (bicyclic) bond motifs is 1. The average Bonchev–Trinajstić information content (AvgIpc) is 3.25. The lowest BCUT2D eigenvalue weighted by Crippen LogP contribution is -1.97. The van der Waals surface area contributed by atoms with Gasteiger partial charge in [-0.2, -0.15) is 0 Å². The molecule has 4 aromatic rings. The first-order valence-electron chi connectivity index (χ1n) is 9.05. The molecule has 4 rings (SSSR count). The third kappa shape index (κ3) is 3.46. The maximum Gasteiger partial charge on any atom is 0.203 e. The van der Waals surface area contributed by atoms with Gasteiger partial charge in [0.1, 0.15) is 0 Å². The van der Waals surface area contributed by atoms with E-state index in [2.05, 4.69) is 23.2 Å². The van der Waals surface area contributed by atoms with E-state index in [0.717, 1.165) is 38.4 Å². The Kier molecular flexibility index (Phi) is 6.19. The zero-order chi connectivity index (χ0) is 20.7. The largest absolute Gasteiger partial charge is 0.493 e. The molecule has 2 aromatic heterocycles. The summed E-state index contributed by atoms with van der Waals surface area (Å²) in [4.78, 5) is 4.65. The first kappa shape index (κ1) is 21.9. The molecule has 0 aliphatic carbocycles. The number of ether oxygens (including phenoxy) is 3. The smallest absolute Gasteiger partial charge is 0.203 e. The molecular formula is C22H23Cl2N3O3. The number of methoxy groups -OCH3 is 3. The van der Waals surface area contributed by atoms with Gasteiger partial charge in [0.2, 0.25) is 5.75 Å². The molecule has 0 fully saturated rings. The lowest BCUT2D eigenvalue weighted by molar-refractivity contribution is 0.324. The highest BCUT2D eigenvalue weighted by Gasteiger charge is 2.20. The molecule has 30 heavy (non-hydrogen) atoms. The molecular weight excluding hydrogens is 425 g/mol. The van der Waals surface area contributed by atoms with Crippen LogP contribution in [0.5, 0.6) is 17.2 Å². The highest BCUT2D eigenvalue weighted by atomic mass is 35.5. The van der Waals surface area contributed by atoms with Gasteiger partial charge < -0.3 is 23.3 Å². The zero-order valence-corrected chi connectivity index (χ0v) is 19.0. The summed E-state index contributed by atoms with van der Waals surface area (Å²) in [7, 11) is 8.75. The van der Waals surface area contributed by atoms with Gasteiger partial charge in [0.15, 0.2) is 11.5 Å². The highest BCUT2D eigenvalue weighted by molar-refractivity contribution is 6.35. The van der Waals surface area contributed by atoms with Gasteiger partial charge >= 0.3 is 0 Å². The van der Waals surface area contributed by atoms with Gasteiger partial charge in [0, 0.05) is 42.3 Å². The number of hydrogen-bond acceptors (Lipinski definition) is 4. The van der Waals surface area contributed by atoms with Crippen molar-refractivity contribution in [3.05, 3.63) is 47.9 Å². The normalized spacial score (nSPS) is 10.7. The van der Waals surface area contributed by atoms with Crippen LogP contribution in [0, 0.1) is 0 Å². The minimum Gasteiger partial charge on any atom is -0.493 e. The molecule has 0 amide bonds. The van der Waals surface area contributed by atoms with Crippen molar-refractivity contribution in [1.82, 2.24) is 14.1 Å². The summed E-state index contributed by atoms with van der Waals surface area (Å²) < 4.78 is 20.5. The van der Waals surface area contributed by atoms with Crippen LogP contribution in [0.15, 0.2) is 42.9 Å². The number of rotatable bonds is 5. The molecule has 0 aliphatic heterocycles. The maximum absolute atomic E-state index is 6.43. The Morgan fingerprint density at radius 3 is 2.13 bits per heavy atom. The summed E-state index contributed by atoms with van der Waals surface area (Å²) in [6, 6.07) is 10.1. The number of benzene rings is 2. The first-order valence-corrected chi connectivity index (χ1v) is 9.43. The van der Waals surface area contributed by atoms with E-state index in [0.29, 0.717) is 17.2 Å². The van der Waals surface area contributed by atoms with E-state index in [1.807, 2.05) is 41.6 Å². The van der Waals surface area contributed by atoms with E-state index in [1.54, 1.807) is 27.7 Å². The highest BCUT2D eigenvalue weighted by Crippen LogP contribution is 2.43. The minimum absolute atomic E-state index is 0.